The number of nitrogens with two attached hydrogens (primary N) is 1. The van der Waals surface area contributed by atoms with E-state index in [-0.39, 0.29) is 11.5 Å². The number of anilines is 3. The Kier molecular flexibility index (Phi) is 5.90. The van der Waals surface area contributed by atoms with Crippen LogP contribution in [0.25, 0.3) is 16.9 Å². The summed E-state index contributed by atoms with van der Waals surface area (Å²) in [6.45, 7) is 0.946. The second kappa shape index (κ2) is 8.94. The van der Waals surface area contributed by atoms with E-state index >= 15 is 0 Å². The van der Waals surface area contributed by atoms with Crippen LogP contribution in [0.3, 0.4) is 0 Å². The van der Waals surface area contributed by atoms with Gasteiger partial charge in [0.25, 0.3) is 0 Å². The van der Waals surface area contributed by atoms with Crippen molar-refractivity contribution in [2.45, 2.75) is 0 Å². The number of ether oxygens (including phenoxy) is 1. The zero-order chi connectivity index (χ0) is 22.7. The van der Waals surface area contributed by atoms with E-state index < -0.39 is 4.92 Å². The highest BCUT2D eigenvalue weighted by atomic mass is 35.5. The molecule has 164 valence electrons. The molecule has 0 spiro atoms. The Bertz CT molecular complexity index is 1290. The van der Waals surface area contributed by atoms with Crippen molar-refractivity contribution in [3.63, 3.8) is 0 Å². The number of nitrogens with zero attached hydrogens (tertiary/aromatic N) is 5. The first kappa shape index (κ1) is 21.1. The summed E-state index contributed by atoms with van der Waals surface area (Å²) in [4.78, 5) is 23.4. The van der Waals surface area contributed by atoms with Gasteiger partial charge >= 0.3 is 5.69 Å². The predicted octanol–water partition coefficient (Wildman–Crippen LogP) is 3.47. The van der Waals surface area contributed by atoms with Crippen LogP contribution in [0.15, 0.2) is 48.8 Å². The molecule has 0 aliphatic heterocycles. The van der Waals surface area contributed by atoms with Crippen LogP contribution in [-0.4, -0.2) is 44.5 Å². The van der Waals surface area contributed by atoms with Crippen LogP contribution < -0.4 is 21.1 Å². The third-order valence-electron chi connectivity index (χ3n) is 4.64. The van der Waals surface area contributed by atoms with Gasteiger partial charge in [-0.25, -0.2) is 15.0 Å². The number of hydrogen-bond acceptors (Lipinski definition) is 9. The third kappa shape index (κ3) is 4.32. The van der Waals surface area contributed by atoms with E-state index in [4.69, 9.17) is 27.1 Å². The van der Waals surface area contributed by atoms with Crippen molar-refractivity contribution in [1.82, 2.24) is 19.4 Å². The summed E-state index contributed by atoms with van der Waals surface area (Å²) in [6.07, 6.45) is 3.48. The number of rotatable bonds is 8. The monoisotopic (exact) mass is 454 g/mol. The number of halogens is 1. The number of pyridine rings is 1. The molecule has 0 fully saturated rings. The van der Waals surface area contributed by atoms with Crippen LogP contribution in [0.1, 0.15) is 0 Å². The fourth-order valence-corrected chi connectivity index (χ4v) is 3.32. The smallest absolute Gasteiger partial charge is 0.311 e. The molecule has 4 aromatic rings. The average molecular weight is 455 g/mol. The molecule has 4 rings (SSSR count). The van der Waals surface area contributed by atoms with Crippen molar-refractivity contribution in [2.24, 2.45) is 0 Å². The fraction of sp³-hybridized carbons (Fsp3) is 0.150. The van der Waals surface area contributed by atoms with Crippen molar-refractivity contribution in [1.29, 1.82) is 0 Å². The van der Waals surface area contributed by atoms with Gasteiger partial charge in [-0.05, 0) is 24.3 Å². The lowest BCUT2D eigenvalue weighted by molar-refractivity contribution is -0.384. The molecular formula is C20H19ClN8O3. The number of aromatic nitrogens is 4. The Hall–Kier alpha value is -4.12. The van der Waals surface area contributed by atoms with E-state index in [0.717, 1.165) is 5.56 Å². The van der Waals surface area contributed by atoms with Gasteiger partial charge in [0.2, 0.25) is 11.8 Å². The average Bonchev–Trinajstić information content (AvgIpc) is 3.25. The summed E-state index contributed by atoms with van der Waals surface area (Å²) in [5, 5.41) is 17.7. The molecule has 0 radical (unpaired) electrons. The van der Waals surface area contributed by atoms with Gasteiger partial charge < -0.3 is 21.1 Å². The van der Waals surface area contributed by atoms with Crippen LogP contribution >= 0.6 is 11.6 Å². The molecular weight excluding hydrogens is 436 g/mol. The predicted molar refractivity (Wildman–Crippen MR) is 122 cm³/mol. The van der Waals surface area contributed by atoms with Gasteiger partial charge in [-0.15, -0.1) is 0 Å². The van der Waals surface area contributed by atoms with E-state index in [0.29, 0.717) is 47.0 Å². The summed E-state index contributed by atoms with van der Waals surface area (Å²) < 4.78 is 7.27. The van der Waals surface area contributed by atoms with Crippen molar-refractivity contribution in [3.8, 4) is 17.0 Å². The van der Waals surface area contributed by atoms with E-state index in [1.807, 2.05) is 10.5 Å². The third-order valence-corrected chi connectivity index (χ3v) is 4.88. The molecule has 12 heteroatoms. The number of imidazole rings is 1. The van der Waals surface area contributed by atoms with Crippen molar-refractivity contribution in [2.75, 3.05) is 36.6 Å². The summed E-state index contributed by atoms with van der Waals surface area (Å²) in [6, 6.07) is 10.00. The van der Waals surface area contributed by atoms with Crippen molar-refractivity contribution < 1.29 is 9.66 Å². The Balaban J connectivity index is 1.51. The van der Waals surface area contributed by atoms with Gasteiger partial charge in [-0.3, -0.25) is 14.5 Å². The maximum absolute atomic E-state index is 10.8. The lowest BCUT2D eigenvalue weighted by atomic mass is 10.1. The number of methoxy groups -OCH3 is 1. The maximum atomic E-state index is 10.8. The molecule has 0 aliphatic carbocycles. The number of nitrogens with one attached hydrogen (secondary N) is 2. The molecule has 32 heavy (non-hydrogen) atoms. The largest absolute Gasteiger partial charge is 0.496 e. The Morgan fingerprint density at radius 1 is 1.19 bits per heavy atom. The van der Waals surface area contributed by atoms with Gasteiger partial charge in [0, 0.05) is 48.2 Å². The molecule has 0 amide bonds. The Morgan fingerprint density at radius 2 is 2.00 bits per heavy atom. The summed E-state index contributed by atoms with van der Waals surface area (Å²) in [5.74, 6) is 1.52. The van der Waals surface area contributed by atoms with Crippen molar-refractivity contribution >= 4 is 40.5 Å². The van der Waals surface area contributed by atoms with Crippen LogP contribution in [0.5, 0.6) is 5.75 Å². The molecule has 0 saturated carbocycles. The van der Waals surface area contributed by atoms with Gasteiger partial charge in [0.05, 0.1) is 17.7 Å². The molecule has 0 saturated heterocycles. The Labute approximate surface area is 187 Å². The highest BCUT2D eigenvalue weighted by molar-refractivity contribution is 6.31. The molecule has 1 aromatic carbocycles. The maximum Gasteiger partial charge on any atom is 0.311 e. The first-order valence-electron chi connectivity index (χ1n) is 9.53. The molecule has 0 atom stereocenters. The SMILES string of the molecule is COc1ccc(Cl)cc1-c1cc2nccn2c(NCCNc2ccc([N+](=O)[O-])c(N)n2)n1. The summed E-state index contributed by atoms with van der Waals surface area (Å²) in [5.41, 5.74) is 7.51. The molecule has 0 bridgehead atoms. The quantitative estimate of drug-likeness (QED) is 0.207. The molecule has 4 N–H and O–H groups in total. The van der Waals surface area contributed by atoms with Crippen LogP contribution in [0.2, 0.25) is 5.02 Å². The van der Waals surface area contributed by atoms with Crippen LogP contribution in [0, 0.1) is 10.1 Å². The molecule has 0 aliphatic rings. The minimum absolute atomic E-state index is 0.141. The minimum atomic E-state index is -0.572. The highest BCUT2D eigenvalue weighted by Gasteiger charge is 2.14. The molecule has 3 aromatic heterocycles. The summed E-state index contributed by atoms with van der Waals surface area (Å²) in [7, 11) is 1.59. The Morgan fingerprint density at radius 3 is 2.75 bits per heavy atom. The summed E-state index contributed by atoms with van der Waals surface area (Å²) >= 11 is 6.18. The first-order chi connectivity index (χ1) is 15.5. The van der Waals surface area contributed by atoms with Gasteiger partial charge in [-0.2, -0.15) is 0 Å². The normalized spacial score (nSPS) is 10.8. The topological polar surface area (TPSA) is 146 Å². The zero-order valence-corrected chi connectivity index (χ0v) is 17.7. The highest BCUT2D eigenvalue weighted by Crippen LogP contribution is 2.32. The minimum Gasteiger partial charge on any atom is -0.496 e. The lowest BCUT2D eigenvalue weighted by Gasteiger charge is -2.13. The lowest BCUT2D eigenvalue weighted by Crippen LogP contribution is -2.17. The second-order valence-corrected chi connectivity index (χ2v) is 7.11. The number of nitrogen functional groups attached to an aromatic ring is 1. The number of fused-ring (bicyclic) bond motifs is 1. The van der Waals surface area contributed by atoms with E-state index in [9.17, 15) is 10.1 Å². The van der Waals surface area contributed by atoms with E-state index in [2.05, 4.69) is 20.6 Å². The standard InChI is InChI=1S/C20H19ClN8O3/c1-32-16-4-2-12(21)10-13(16)14-11-18-24-8-9-28(18)20(26-14)25-7-6-23-17-5-3-15(29(30)31)19(22)27-17/h2-5,8-11H,6-7H2,1H3,(H,25,26)(H3,22,23,27). The molecule has 11 nitrogen and oxygen atoms in total. The molecule has 3 heterocycles. The van der Waals surface area contributed by atoms with Gasteiger partial charge in [-0.1, -0.05) is 11.6 Å². The van der Waals surface area contributed by atoms with Crippen LogP contribution in [-0.2, 0) is 0 Å². The number of nitro groups is 1. The first-order valence-corrected chi connectivity index (χ1v) is 9.90. The van der Waals surface area contributed by atoms with Gasteiger partial charge in [0.1, 0.15) is 17.2 Å². The molecule has 0 unspecified atom stereocenters. The number of hydrogen-bond donors (Lipinski definition) is 3. The zero-order valence-electron chi connectivity index (χ0n) is 16.9. The number of benzene rings is 1. The van der Waals surface area contributed by atoms with E-state index in [1.165, 1.54) is 12.1 Å². The van der Waals surface area contributed by atoms with Crippen molar-refractivity contribution in [3.05, 3.63) is 63.9 Å². The second-order valence-electron chi connectivity index (χ2n) is 6.68. The fourth-order valence-electron chi connectivity index (χ4n) is 3.15. The van der Waals surface area contributed by atoms with Gasteiger partial charge in [0.15, 0.2) is 0 Å². The van der Waals surface area contributed by atoms with Crippen LogP contribution in [0.4, 0.5) is 23.3 Å². The van der Waals surface area contributed by atoms with E-state index in [1.54, 1.807) is 37.7 Å².